The van der Waals surface area contributed by atoms with Gasteiger partial charge in [0.1, 0.15) is 11.6 Å². The van der Waals surface area contributed by atoms with Gasteiger partial charge in [-0.15, -0.1) is 11.6 Å². The molecule has 16 heavy (non-hydrogen) atoms. The number of carbonyl (C=O) groups excluding carboxylic acids is 1. The van der Waals surface area contributed by atoms with Crippen LogP contribution in [0.3, 0.4) is 0 Å². The Balaban J connectivity index is 2.92. The topological polar surface area (TPSA) is 38.3 Å². The third-order valence-electron chi connectivity index (χ3n) is 2.35. The first-order valence-corrected chi connectivity index (χ1v) is 5.61. The molecule has 88 valence electrons. The van der Waals surface area contributed by atoms with Crippen molar-refractivity contribution in [2.24, 2.45) is 0 Å². The second kappa shape index (κ2) is 5.75. The van der Waals surface area contributed by atoms with Crippen molar-refractivity contribution >= 4 is 17.5 Å². The molecule has 1 N–H and O–H groups in total. The van der Waals surface area contributed by atoms with Crippen LogP contribution in [0.4, 0.5) is 0 Å². The Kier molecular flexibility index (Phi) is 4.62. The van der Waals surface area contributed by atoms with E-state index in [4.69, 9.17) is 16.3 Å². The third-order valence-corrected chi connectivity index (χ3v) is 2.59. The van der Waals surface area contributed by atoms with Crippen LogP contribution in [-0.2, 0) is 4.79 Å². The van der Waals surface area contributed by atoms with Crippen LogP contribution in [0.1, 0.15) is 24.1 Å². The van der Waals surface area contributed by atoms with E-state index in [9.17, 15) is 4.79 Å². The summed E-state index contributed by atoms with van der Waals surface area (Å²) in [5.74, 6) is 0.559. The van der Waals surface area contributed by atoms with E-state index in [2.05, 4.69) is 5.32 Å². The van der Waals surface area contributed by atoms with Crippen LogP contribution in [0.2, 0.25) is 0 Å². The maximum absolute atomic E-state index is 11.2. The van der Waals surface area contributed by atoms with Crippen LogP contribution in [0, 0.1) is 6.92 Å². The molecule has 3 nitrogen and oxygen atoms in total. The second-order valence-electron chi connectivity index (χ2n) is 3.67. The van der Waals surface area contributed by atoms with E-state index in [0.717, 1.165) is 16.9 Å². The molecule has 1 aromatic rings. The van der Waals surface area contributed by atoms with Gasteiger partial charge in [0.2, 0.25) is 5.91 Å². The van der Waals surface area contributed by atoms with E-state index in [-0.39, 0.29) is 17.8 Å². The quantitative estimate of drug-likeness (QED) is 0.823. The van der Waals surface area contributed by atoms with Gasteiger partial charge < -0.3 is 10.1 Å². The Morgan fingerprint density at radius 1 is 1.56 bits per heavy atom. The van der Waals surface area contributed by atoms with Crippen LogP contribution >= 0.6 is 11.6 Å². The molecule has 1 rings (SSSR count). The molecule has 1 aromatic carbocycles. The van der Waals surface area contributed by atoms with Gasteiger partial charge in [0.15, 0.2) is 0 Å². The maximum Gasteiger partial charge on any atom is 0.235 e. The number of halogens is 1. The Bertz CT molecular complexity index is 379. The molecule has 0 spiro atoms. The summed E-state index contributed by atoms with van der Waals surface area (Å²) in [6, 6.07) is 5.76. The van der Waals surface area contributed by atoms with Crippen molar-refractivity contribution in [1.82, 2.24) is 5.32 Å². The summed E-state index contributed by atoms with van der Waals surface area (Å²) in [4.78, 5) is 11.2. The van der Waals surface area contributed by atoms with Gasteiger partial charge in [-0.05, 0) is 19.9 Å². The summed E-state index contributed by atoms with van der Waals surface area (Å²) >= 11 is 5.45. The van der Waals surface area contributed by atoms with Gasteiger partial charge in [0, 0.05) is 5.56 Å². The molecule has 0 aromatic heterocycles. The number of hydrogen-bond acceptors (Lipinski definition) is 2. The van der Waals surface area contributed by atoms with E-state index >= 15 is 0 Å². The van der Waals surface area contributed by atoms with E-state index in [0.29, 0.717) is 0 Å². The predicted octanol–water partition coefficient (Wildman–Crippen LogP) is 2.42. The monoisotopic (exact) mass is 241 g/mol. The zero-order chi connectivity index (χ0) is 12.1. The molecule has 0 aliphatic rings. The minimum absolute atomic E-state index is 0.0293. The fourth-order valence-corrected chi connectivity index (χ4v) is 1.63. The molecule has 0 unspecified atom stereocenters. The molecule has 0 radical (unpaired) electrons. The average Bonchev–Trinajstić information content (AvgIpc) is 2.28. The van der Waals surface area contributed by atoms with Crippen molar-refractivity contribution in [2.75, 3.05) is 13.0 Å². The second-order valence-corrected chi connectivity index (χ2v) is 3.94. The zero-order valence-electron chi connectivity index (χ0n) is 9.71. The summed E-state index contributed by atoms with van der Waals surface area (Å²) in [6.07, 6.45) is 0. The van der Waals surface area contributed by atoms with E-state index < -0.39 is 0 Å². The standard InChI is InChI=1S/C12H16ClNO2/c1-8-4-5-11(16-3)10(6-8)9(2)14-12(15)7-13/h4-6,9H,7H2,1-3H3,(H,14,15)/t9-/m1/s1. The summed E-state index contributed by atoms with van der Waals surface area (Å²) in [5, 5.41) is 2.80. The van der Waals surface area contributed by atoms with Gasteiger partial charge in [-0.25, -0.2) is 0 Å². The van der Waals surface area contributed by atoms with Crippen molar-refractivity contribution < 1.29 is 9.53 Å². The molecule has 0 saturated heterocycles. The molecular weight excluding hydrogens is 226 g/mol. The van der Waals surface area contributed by atoms with Crippen molar-refractivity contribution in [3.8, 4) is 5.75 Å². The summed E-state index contributed by atoms with van der Waals surface area (Å²) < 4.78 is 5.25. The lowest BCUT2D eigenvalue weighted by atomic mass is 10.0. The van der Waals surface area contributed by atoms with E-state index in [1.54, 1.807) is 7.11 Å². The number of benzene rings is 1. The molecular formula is C12H16ClNO2. The fourth-order valence-electron chi connectivity index (χ4n) is 1.55. The fraction of sp³-hybridized carbons (Fsp3) is 0.417. The van der Waals surface area contributed by atoms with E-state index in [1.165, 1.54) is 0 Å². The zero-order valence-corrected chi connectivity index (χ0v) is 10.5. The predicted molar refractivity (Wildman–Crippen MR) is 65.0 cm³/mol. The number of amides is 1. The number of methoxy groups -OCH3 is 1. The summed E-state index contributed by atoms with van der Waals surface area (Å²) in [5.41, 5.74) is 2.09. The number of alkyl halides is 1. The minimum atomic E-state index is -0.183. The first kappa shape index (κ1) is 12.8. The lowest BCUT2D eigenvalue weighted by molar-refractivity contribution is -0.119. The van der Waals surface area contributed by atoms with Crippen LogP contribution < -0.4 is 10.1 Å². The van der Waals surface area contributed by atoms with Gasteiger partial charge in [-0.2, -0.15) is 0 Å². The molecule has 1 atom stereocenters. The number of carbonyl (C=O) groups is 1. The maximum atomic E-state index is 11.2. The molecule has 0 saturated carbocycles. The number of rotatable bonds is 4. The number of nitrogens with one attached hydrogen (secondary N) is 1. The normalized spacial score (nSPS) is 12.0. The highest BCUT2D eigenvalue weighted by molar-refractivity contribution is 6.27. The van der Waals surface area contributed by atoms with Gasteiger partial charge in [-0.3, -0.25) is 4.79 Å². The van der Waals surface area contributed by atoms with Crippen molar-refractivity contribution in [3.63, 3.8) is 0 Å². The first-order chi connectivity index (χ1) is 7.58. The smallest absolute Gasteiger partial charge is 0.235 e. The summed E-state index contributed by atoms with van der Waals surface area (Å²) in [6.45, 7) is 3.90. The van der Waals surface area contributed by atoms with Crippen LogP contribution in [-0.4, -0.2) is 18.9 Å². The molecule has 0 bridgehead atoms. The highest BCUT2D eigenvalue weighted by Crippen LogP contribution is 2.25. The molecule has 0 fully saturated rings. The number of aryl methyl sites for hydroxylation is 1. The SMILES string of the molecule is COc1ccc(C)cc1[C@@H](C)NC(=O)CCl. The Hall–Kier alpha value is -1.22. The molecule has 1 amide bonds. The largest absolute Gasteiger partial charge is 0.496 e. The van der Waals surface area contributed by atoms with E-state index in [1.807, 2.05) is 32.0 Å². The van der Waals surface area contributed by atoms with Crippen LogP contribution in [0.5, 0.6) is 5.75 Å². The highest BCUT2D eigenvalue weighted by atomic mass is 35.5. The van der Waals surface area contributed by atoms with Gasteiger partial charge in [0.25, 0.3) is 0 Å². The molecule has 0 aliphatic heterocycles. The van der Waals surface area contributed by atoms with Crippen LogP contribution in [0.25, 0.3) is 0 Å². The first-order valence-electron chi connectivity index (χ1n) is 5.08. The lowest BCUT2D eigenvalue weighted by Gasteiger charge is -2.17. The van der Waals surface area contributed by atoms with Gasteiger partial charge in [-0.1, -0.05) is 17.7 Å². The number of ether oxygens (including phenoxy) is 1. The lowest BCUT2D eigenvalue weighted by Crippen LogP contribution is -2.27. The highest BCUT2D eigenvalue weighted by Gasteiger charge is 2.13. The Morgan fingerprint density at radius 3 is 2.81 bits per heavy atom. The van der Waals surface area contributed by atoms with Gasteiger partial charge >= 0.3 is 0 Å². The van der Waals surface area contributed by atoms with Crippen LogP contribution in [0.15, 0.2) is 18.2 Å². The molecule has 0 aliphatic carbocycles. The summed E-state index contributed by atoms with van der Waals surface area (Å²) in [7, 11) is 1.62. The average molecular weight is 242 g/mol. The van der Waals surface area contributed by atoms with Crippen molar-refractivity contribution in [3.05, 3.63) is 29.3 Å². The van der Waals surface area contributed by atoms with Crippen molar-refractivity contribution in [1.29, 1.82) is 0 Å². The van der Waals surface area contributed by atoms with Gasteiger partial charge in [0.05, 0.1) is 13.2 Å². The number of hydrogen-bond donors (Lipinski definition) is 1. The third kappa shape index (κ3) is 3.14. The minimum Gasteiger partial charge on any atom is -0.496 e. The van der Waals surface area contributed by atoms with Crippen molar-refractivity contribution in [2.45, 2.75) is 19.9 Å². The Labute approximate surface area is 101 Å². The molecule has 4 heteroatoms. The Morgan fingerprint density at radius 2 is 2.25 bits per heavy atom. The molecule has 0 heterocycles.